The highest BCUT2D eigenvalue weighted by molar-refractivity contribution is 7.79. The van der Waals surface area contributed by atoms with Crippen LogP contribution in [0.25, 0.3) is 0 Å². The van der Waals surface area contributed by atoms with E-state index in [2.05, 4.69) is 24.3 Å². The first kappa shape index (κ1) is 17.1. The van der Waals surface area contributed by atoms with E-state index in [1.54, 1.807) is 18.2 Å². The standard InChI is InChI=1S/C16H24N2O3S/c1-18(2)15-8-12(9-15)6-7-14(11-19)17-13-4-3-5-16(10-13)22(20)21/h3-5,10-12,14-15,17H,6-9H2,1-2H3,(H,20,21)/p-1. The van der Waals surface area contributed by atoms with Crippen LogP contribution in [-0.2, 0) is 15.9 Å². The molecule has 22 heavy (non-hydrogen) atoms. The fourth-order valence-electron chi connectivity index (χ4n) is 2.85. The summed E-state index contributed by atoms with van der Waals surface area (Å²) in [4.78, 5) is 13.7. The predicted octanol–water partition coefficient (Wildman–Crippen LogP) is 2.02. The van der Waals surface area contributed by atoms with Crippen molar-refractivity contribution < 1.29 is 13.6 Å². The fraction of sp³-hybridized carbons (Fsp3) is 0.562. The molecule has 0 bridgehead atoms. The Hall–Kier alpha value is -1.24. The molecule has 0 spiro atoms. The van der Waals surface area contributed by atoms with Crippen LogP contribution in [0, 0.1) is 5.92 Å². The zero-order valence-electron chi connectivity index (χ0n) is 13.0. The Morgan fingerprint density at radius 2 is 2.18 bits per heavy atom. The van der Waals surface area contributed by atoms with E-state index in [1.807, 2.05) is 0 Å². The lowest BCUT2D eigenvalue weighted by molar-refractivity contribution is -0.108. The zero-order chi connectivity index (χ0) is 16.1. The summed E-state index contributed by atoms with van der Waals surface area (Å²) < 4.78 is 21.9. The molecule has 0 heterocycles. The number of hydrogen-bond acceptors (Lipinski definition) is 5. The van der Waals surface area contributed by atoms with E-state index in [1.165, 1.54) is 18.9 Å². The summed E-state index contributed by atoms with van der Waals surface area (Å²) in [6, 6.07) is 6.93. The third-order valence-electron chi connectivity index (χ3n) is 4.37. The van der Waals surface area contributed by atoms with Gasteiger partial charge in [0.15, 0.2) is 0 Å². The molecule has 1 fully saturated rings. The van der Waals surface area contributed by atoms with Gasteiger partial charge in [-0.1, -0.05) is 6.07 Å². The van der Waals surface area contributed by atoms with Gasteiger partial charge in [-0.15, -0.1) is 0 Å². The van der Waals surface area contributed by atoms with Gasteiger partial charge in [0.1, 0.15) is 6.29 Å². The van der Waals surface area contributed by atoms with Gasteiger partial charge in [0, 0.05) is 16.6 Å². The number of nitrogens with one attached hydrogen (secondary N) is 1. The topological polar surface area (TPSA) is 72.5 Å². The van der Waals surface area contributed by atoms with Crippen LogP contribution in [0.1, 0.15) is 25.7 Å². The average Bonchev–Trinajstić information content (AvgIpc) is 2.44. The van der Waals surface area contributed by atoms with E-state index in [9.17, 15) is 13.6 Å². The maximum atomic E-state index is 11.2. The van der Waals surface area contributed by atoms with Crippen LogP contribution in [0.5, 0.6) is 0 Å². The normalized spacial score (nSPS) is 23.6. The predicted molar refractivity (Wildman–Crippen MR) is 86.5 cm³/mol. The maximum absolute atomic E-state index is 11.2. The smallest absolute Gasteiger partial charge is 0.142 e. The second kappa shape index (κ2) is 7.85. The van der Waals surface area contributed by atoms with Crippen molar-refractivity contribution in [2.24, 2.45) is 5.92 Å². The number of aldehydes is 1. The lowest BCUT2D eigenvalue weighted by atomic mass is 9.76. The minimum Gasteiger partial charge on any atom is -0.768 e. The molecule has 0 amide bonds. The highest BCUT2D eigenvalue weighted by atomic mass is 32.2. The van der Waals surface area contributed by atoms with Crippen LogP contribution in [0.15, 0.2) is 29.2 Å². The first-order chi connectivity index (χ1) is 10.5. The van der Waals surface area contributed by atoms with Crippen molar-refractivity contribution in [2.75, 3.05) is 19.4 Å². The molecule has 0 saturated heterocycles. The van der Waals surface area contributed by atoms with E-state index in [-0.39, 0.29) is 10.9 Å². The molecule has 1 aliphatic carbocycles. The van der Waals surface area contributed by atoms with E-state index in [0.717, 1.165) is 19.1 Å². The van der Waals surface area contributed by atoms with Crippen molar-refractivity contribution in [2.45, 2.75) is 42.7 Å². The maximum Gasteiger partial charge on any atom is 0.142 e. The Kier molecular flexibility index (Phi) is 6.11. The highest BCUT2D eigenvalue weighted by Crippen LogP contribution is 2.34. The van der Waals surface area contributed by atoms with Gasteiger partial charge in [0.05, 0.1) is 6.04 Å². The Morgan fingerprint density at radius 1 is 1.45 bits per heavy atom. The number of rotatable bonds is 8. The minimum absolute atomic E-state index is 0.225. The van der Waals surface area contributed by atoms with Crippen LogP contribution in [0.4, 0.5) is 5.69 Å². The van der Waals surface area contributed by atoms with Gasteiger partial charge in [-0.2, -0.15) is 0 Å². The Balaban J connectivity index is 1.81. The summed E-state index contributed by atoms with van der Waals surface area (Å²) >= 11 is -2.25. The summed E-state index contributed by atoms with van der Waals surface area (Å²) in [6.07, 6.45) is 5.10. The number of benzene rings is 1. The van der Waals surface area contributed by atoms with Crippen LogP contribution in [0.3, 0.4) is 0 Å². The molecule has 122 valence electrons. The Morgan fingerprint density at radius 3 is 2.77 bits per heavy atom. The van der Waals surface area contributed by atoms with Crippen molar-refractivity contribution in [1.29, 1.82) is 0 Å². The van der Waals surface area contributed by atoms with Gasteiger partial charge in [0.25, 0.3) is 0 Å². The van der Waals surface area contributed by atoms with Crippen molar-refractivity contribution in [3.63, 3.8) is 0 Å². The Labute approximate surface area is 134 Å². The summed E-state index contributed by atoms with van der Waals surface area (Å²) in [5, 5.41) is 3.11. The molecule has 0 radical (unpaired) electrons. The summed E-state index contributed by atoms with van der Waals surface area (Å²) in [7, 11) is 4.20. The molecule has 1 aromatic rings. The lowest BCUT2D eigenvalue weighted by Crippen LogP contribution is -2.40. The van der Waals surface area contributed by atoms with Gasteiger partial charge in [0.2, 0.25) is 0 Å². The van der Waals surface area contributed by atoms with Crippen molar-refractivity contribution in [1.82, 2.24) is 4.90 Å². The first-order valence-corrected chi connectivity index (χ1v) is 8.64. The SMILES string of the molecule is CN(C)C1CC(CCC(C=O)Nc2cccc(S(=O)[O-])c2)C1. The number of carbonyl (C=O) groups is 1. The summed E-state index contributed by atoms with van der Waals surface area (Å²) in [6.45, 7) is 0. The van der Waals surface area contributed by atoms with Crippen molar-refractivity contribution in [3.8, 4) is 0 Å². The second-order valence-corrected chi connectivity index (χ2v) is 7.12. The number of nitrogens with zero attached hydrogens (tertiary/aromatic N) is 1. The van der Waals surface area contributed by atoms with E-state index in [4.69, 9.17) is 0 Å². The number of carbonyl (C=O) groups excluding carboxylic acids is 1. The molecule has 0 aromatic heterocycles. The van der Waals surface area contributed by atoms with Gasteiger partial charge >= 0.3 is 0 Å². The number of hydrogen-bond donors (Lipinski definition) is 1. The van der Waals surface area contributed by atoms with Crippen molar-refractivity contribution in [3.05, 3.63) is 24.3 Å². The van der Waals surface area contributed by atoms with Crippen molar-refractivity contribution >= 4 is 23.1 Å². The van der Waals surface area contributed by atoms with E-state index >= 15 is 0 Å². The van der Waals surface area contributed by atoms with E-state index < -0.39 is 11.1 Å². The summed E-state index contributed by atoms with van der Waals surface area (Å²) in [5.74, 6) is 0.692. The highest BCUT2D eigenvalue weighted by Gasteiger charge is 2.30. The largest absolute Gasteiger partial charge is 0.768 e. The molecular weight excluding hydrogens is 300 g/mol. The quantitative estimate of drug-likeness (QED) is 0.585. The zero-order valence-corrected chi connectivity index (χ0v) is 13.8. The molecule has 2 rings (SSSR count). The number of anilines is 1. The third-order valence-corrected chi connectivity index (χ3v) is 5.01. The first-order valence-electron chi connectivity index (χ1n) is 7.57. The van der Waals surface area contributed by atoms with Crippen LogP contribution < -0.4 is 5.32 Å². The average molecular weight is 323 g/mol. The van der Waals surface area contributed by atoms with Gasteiger partial charge in [-0.3, -0.25) is 4.21 Å². The second-order valence-electron chi connectivity index (χ2n) is 6.18. The minimum atomic E-state index is -2.25. The molecule has 6 heteroatoms. The van der Waals surface area contributed by atoms with Crippen LogP contribution in [0.2, 0.25) is 0 Å². The fourth-order valence-corrected chi connectivity index (χ4v) is 3.26. The third kappa shape index (κ3) is 4.63. The van der Waals surface area contributed by atoms with Gasteiger partial charge in [-0.05, 0) is 75.0 Å². The molecule has 2 atom stereocenters. The molecule has 1 aliphatic rings. The van der Waals surface area contributed by atoms with Crippen LogP contribution in [-0.4, -0.2) is 46.1 Å². The molecule has 1 saturated carbocycles. The van der Waals surface area contributed by atoms with Crippen LogP contribution >= 0.6 is 0 Å². The lowest BCUT2D eigenvalue weighted by Gasteiger charge is -2.40. The molecule has 2 unspecified atom stereocenters. The molecule has 0 aliphatic heterocycles. The Bertz CT molecular complexity index is 530. The van der Waals surface area contributed by atoms with E-state index in [0.29, 0.717) is 17.6 Å². The monoisotopic (exact) mass is 323 g/mol. The molecular formula is C16H23N2O3S-. The molecule has 5 nitrogen and oxygen atoms in total. The van der Waals surface area contributed by atoms with Gasteiger partial charge < -0.3 is 19.6 Å². The molecule has 1 aromatic carbocycles. The summed E-state index contributed by atoms with van der Waals surface area (Å²) in [5.41, 5.74) is 0.665. The van der Waals surface area contributed by atoms with Gasteiger partial charge in [-0.25, -0.2) is 0 Å². The molecule has 1 N–H and O–H groups in total.